The van der Waals surface area contributed by atoms with Gasteiger partial charge in [0.05, 0.1) is 11.2 Å². The Morgan fingerprint density at radius 3 is 3.05 bits per heavy atom. The summed E-state index contributed by atoms with van der Waals surface area (Å²) in [5, 5.41) is 4.80. The maximum Gasteiger partial charge on any atom is 0.267 e. The Bertz CT molecular complexity index is 652. The Labute approximate surface area is 128 Å². The van der Waals surface area contributed by atoms with E-state index in [0.29, 0.717) is 16.6 Å². The van der Waals surface area contributed by atoms with Crippen LogP contribution in [0.1, 0.15) is 36.2 Å². The van der Waals surface area contributed by atoms with Gasteiger partial charge in [-0.15, -0.1) is 0 Å². The summed E-state index contributed by atoms with van der Waals surface area (Å²) in [5.41, 5.74) is 8.03. The van der Waals surface area contributed by atoms with Crippen molar-refractivity contribution < 1.29 is 4.79 Å². The summed E-state index contributed by atoms with van der Waals surface area (Å²) in [6.07, 6.45) is 6.74. The monoisotopic (exact) mass is 303 g/mol. The number of benzene rings is 1. The number of nitrogen functional groups attached to an aromatic ring is 1. The van der Waals surface area contributed by atoms with Gasteiger partial charge in [-0.1, -0.05) is 18.6 Å². The van der Waals surface area contributed by atoms with Gasteiger partial charge < -0.3 is 16.0 Å². The molecule has 4 nitrogen and oxygen atoms in total. The summed E-state index contributed by atoms with van der Waals surface area (Å²) < 4.78 is 0. The molecule has 0 saturated heterocycles. The maximum atomic E-state index is 12.4. The molecule has 1 heterocycles. The smallest absolute Gasteiger partial charge is 0.267 e. The summed E-state index contributed by atoms with van der Waals surface area (Å²) in [7, 11) is 0. The second-order valence-corrected chi connectivity index (χ2v) is 6.83. The number of thioether (sulfide) groups is 1. The standard InChI is InChI=1S/C16H21N3OS/c1-21-12-6-3-5-11(9-12)18-16(20)14-8-10-4-2-7-13(17)15(10)19-14/h2,4,7-8,11-12,19H,3,5-6,9,17H2,1H3,(H,18,20). The number of fused-ring (bicyclic) bond motifs is 1. The van der Waals surface area contributed by atoms with E-state index in [4.69, 9.17) is 5.73 Å². The number of aromatic nitrogens is 1. The molecule has 2 unspecified atom stereocenters. The number of H-pyrrole nitrogens is 1. The number of carbonyl (C=O) groups excluding carboxylic acids is 1. The first-order valence-corrected chi connectivity index (χ1v) is 8.67. The predicted molar refractivity (Wildman–Crippen MR) is 89.7 cm³/mol. The van der Waals surface area contributed by atoms with Crippen LogP contribution < -0.4 is 11.1 Å². The molecule has 5 heteroatoms. The van der Waals surface area contributed by atoms with Crippen molar-refractivity contribution in [3.05, 3.63) is 30.0 Å². The lowest BCUT2D eigenvalue weighted by molar-refractivity contribution is 0.0924. The SMILES string of the molecule is CSC1CCCC(NC(=O)c2cc3cccc(N)c3[nH]2)C1. The highest BCUT2D eigenvalue weighted by Crippen LogP contribution is 2.27. The fraction of sp³-hybridized carbons (Fsp3) is 0.438. The van der Waals surface area contributed by atoms with Crippen molar-refractivity contribution in [3.63, 3.8) is 0 Å². The highest BCUT2D eigenvalue weighted by molar-refractivity contribution is 7.99. The molecular weight excluding hydrogens is 282 g/mol. The Kier molecular flexibility index (Phi) is 4.10. The van der Waals surface area contributed by atoms with Crippen molar-refractivity contribution in [1.29, 1.82) is 0 Å². The second-order valence-electron chi connectivity index (χ2n) is 5.69. The zero-order valence-electron chi connectivity index (χ0n) is 12.2. The van der Waals surface area contributed by atoms with E-state index < -0.39 is 0 Å². The largest absolute Gasteiger partial charge is 0.397 e. The molecule has 21 heavy (non-hydrogen) atoms. The molecule has 1 aliphatic rings. The number of carbonyl (C=O) groups is 1. The number of hydrogen-bond acceptors (Lipinski definition) is 3. The molecule has 1 fully saturated rings. The molecule has 1 aromatic carbocycles. The summed E-state index contributed by atoms with van der Waals surface area (Å²) in [6.45, 7) is 0. The summed E-state index contributed by atoms with van der Waals surface area (Å²) in [5.74, 6) is -0.0302. The lowest BCUT2D eigenvalue weighted by atomic mass is 9.95. The Morgan fingerprint density at radius 1 is 1.43 bits per heavy atom. The molecule has 0 aliphatic heterocycles. The minimum absolute atomic E-state index is 0.0302. The Hall–Kier alpha value is -1.62. The van der Waals surface area contributed by atoms with Crippen LogP contribution in [0.4, 0.5) is 5.69 Å². The molecule has 112 valence electrons. The highest BCUT2D eigenvalue weighted by Gasteiger charge is 2.23. The van der Waals surface area contributed by atoms with Gasteiger partial charge in [-0.25, -0.2) is 0 Å². The van der Waals surface area contributed by atoms with E-state index in [1.807, 2.05) is 36.0 Å². The van der Waals surface area contributed by atoms with Crippen molar-refractivity contribution in [2.45, 2.75) is 37.0 Å². The van der Waals surface area contributed by atoms with E-state index in [9.17, 15) is 4.79 Å². The minimum Gasteiger partial charge on any atom is -0.397 e. The minimum atomic E-state index is -0.0302. The maximum absolute atomic E-state index is 12.4. The predicted octanol–water partition coefficient (Wildman–Crippen LogP) is 3.15. The molecule has 4 N–H and O–H groups in total. The van der Waals surface area contributed by atoms with Crippen molar-refractivity contribution in [2.75, 3.05) is 12.0 Å². The lowest BCUT2D eigenvalue weighted by Crippen LogP contribution is -2.39. The number of anilines is 1. The summed E-state index contributed by atoms with van der Waals surface area (Å²) >= 11 is 1.90. The molecule has 1 amide bonds. The van der Waals surface area contributed by atoms with Crippen LogP contribution in [-0.2, 0) is 0 Å². The molecular formula is C16H21N3OS. The summed E-state index contributed by atoms with van der Waals surface area (Å²) in [6, 6.07) is 7.86. The Balaban J connectivity index is 1.73. The van der Waals surface area contributed by atoms with Gasteiger partial charge in [-0.3, -0.25) is 4.79 Å². The zero-order valence-corrected chi connectivity index (χ0v) is 13.0. The zero-order chi connectivity index (χ0) is 14.8. The van der Waals surface area contributed by atoms with E-state index in [-0.39, 0.29) is 11.9 Å². The average molecular weight is 303 g/mol. The van der Waals surface area contributed by atoms with Gasteiger partial charge in [0.25, 0.3) is 5.91 Å². The number of hydrogen-bond donors (Lipinski definition) is 3. The second kappa shape index (κ2) is 6.02. The van der Waals surface area contributed by atoms with E-state index in [2.05, 4.69) is 16.6 Å². The first-order chi connectivity index (χ1) is 10.2. The van der Waals surface area contributed by atoms with E-state index in [1.54, 1.807) is 0 Å². The van der Waals surface area contributed by atoms with Crippen LogP contribution in [0, 0.1) is 0 Å². The highest BCUT2D eigenvalue weighted by atomic mass is 32.2. The molecule has 3 rings (SSSR count). The number of nitrogens with two attached hydrogens (primary N) is 1. The number of para-hydroxylation sites is 1. The Morgan fingerprint density at radius 2 is 2.29 bits per heavy atom. The van der Waals surface area contributed by atoms with Crippen molar-refractivity contribution in [3.8, 4) is 0 Å². The van der Waals surface area contributed by atoms with E-state index >= 15 is 0 Å². The van der Waals surface area contributed by atoms with Crippen molar-refractivity contribution in [2.24, 2.45) is 0 Å². The van der Waals surface area contributed by atoms with Gasteiger partial charge in [-0.05, 0) is 37.7 Å². The van der Waals surface area contributed by atoms with E-state index in [0.717, 1.165) is 23.7 Å². The van der Waals surface area contributed by atoms with Crippen molar-refractivity contribution >= 4 is 34.3 Å². The number of rotatable bonds is 3. The quantitative estimate of drug-likeness (QED) is 0.763. The van der Waals surface area contributed by atoms with Crippen LogP contribution in [0.5, 0.6) is 0 Å². The molecule has 2 atom stereocenters. The normalized spacial score (nSPS) is 22.3. The molecule has 2 aromatic rings. The topological polar surface area (TPSA) is 70.9 Å². The van der Waals surface area contributed by atoms with Crippen LogP contribution in [0.2, 0.25) is 0 Å². The first kappa shape index (κ1) is 14.3. The van der Waals surface area contributed by atoms with Crippen LogP contribution >= 0.6 is 11.8 Å². The molecule has 1 saturated carbocycles. The van der Waals surface area contributed by atoms with Crippen molar-refractivity contribution in [1.82, 2.24) is 10.3 Å². The van der Waals surface area contributed by atoms with Crippen LogP contribution in [0.25, 0.3) is 10.9 Å². The number of aromatic amines is 1. The van der Waals surface area contributed by atoms with Crippen LogP contribution in [0.15, 0.2) is 24.3 Å². The average Bonchev–Trinajstić information content (AvgIpc) is 2.93. The summed E-state index contributed by atoms with van der Waals surface area (Å²) in [4.78, 5) is 15.5. The van der Waals surface area contributed by atoms with Crippen LogP contribution in [0.3, 0.4) is 0 Å². The first-order valence-electron chi connectivity index (χ1n) is 7.38. The fourth-order valence-electron chi connectivity index (χ4n) is 3.06. The van der Waals surface area contributed by atoms with Gasteiger partial charge in [0.15, 0.2) is 0 Å². The molecule has 0 radical (unpaired) electrons. The van der Waals surface area contributed by atoms with Gasteiger partial charge >= 0.3 is 0 Å². The third-order valence-corrected chi connectivity index (χ3v) is 5.32. The lowest BCUT2D eigenvalue weighted by Gasteiger charge is -2.28. The van der Waals surface area contributed by atoms with Gasteiger partial charge in [0.1, 0.15) is 5.69 Å². The number of nitrogens with one attached hydrogen (secondary N) is 2. The molecule has 0 bridgehead atoms. The van der Waals surface area contributed by atoms with Gasteiger partial charge in [-0.2, -0.15) is 11.8 Å². The third-order valence-electron chi connectivity index (χ3n) is 4.23. The van der Waals surface area contributed by atoms with Gasteiger partial charge in [0, 0.05) is 16.7 Å². The van der Waals surface area contributed by atoms with E-state index in [1.165, 1.54) is 12.8 Å². The number of amides is 1. The molecule has 1 aromatic heterocycles. The third kappa shape index (κ3) is 3.02. The molecule has 0 spiro atoms. The molecule has 1 aliphatic carbocycles. The van der Waals surface area contributed by atoms with Gasteiger partial charge in [0.2, 0.25) is 0 Å². The van der Waals surface area contributed by atoms with Crippen LogP contribution in [-0.4, -0.2) is 28.4 Å². The fourth-order valence-corrected chi connectivity index (χ4v) is 3.88.